The Morgan fingerprint density at radius 2 is 1.48 bits per heavy atom. The highest BCUT2D eigenvalue weighted by Gasteiger charge is 2.47. The van der Waals surface area contributed by atoms with Gasteiger partial charge in [-0.25, -0.2) is 12.8 Å². The van der Waals surface area contributed by atoms with Crippen LogP contribution in [0.3, 0.4) is 0 Å². The van der Waals surface area contributed by atoms with Gasteiger partial charge in [-0.1, -0.05) is 17.7 Å². The summed E-state index contributed by atoms with van der Waals surface area (Å²) in [6.07, 6.45) is 2.58. The summed E-state index contributed by atoms with van der Waals surface area (Å²) in [4.78, 5) is 19.5. The van der Waals surface area contributed by atoms with Crippen molar-refractivity contribution in [2.75, 3.05) is 0 Å². The average molecular weight is 448 g/mol. The van der Waals surface area contributed by atoms with Crippen LogP contribution in [0.25, 0.3) is 0 Å². The van der Waals surface area contributed by atoms with Crippen molar-refractivity contribution < 1.29 is 22.4 Å². The summed E-state index contributed by atoms with van der Waals surface area (Å²) in [7, 11) is -4.18. The summed E-state index contributed by atoms with van der Waals surface area (Å²) in [5.74, 6) is -1.23. The quantitative estimate of drug-likeness (QED) is 0.577. The molecule has 0 amide bonds. The smallest absolute Gasteiger partial charge is 0.246 e. The number of hydrogen-bond donors (Lipinski definition) is 0. The first-order chi connectivity index (χ1) is 14.3. The SMILES string of the molecule is Cc1ccc(S(=O)(=O)C(ON2C(C)(C)CCCC2(C)C)C(=O)c2ccc(F)cc2)cc1. The normalized spacial score (nSPS) is 19.7. The fourth-order valence-corrected chi connectivity index (χ4v) is 5.58. The maximum absolute atomic E-state index is 13.6. The lowest BCUT2D eigenvalue weighted by molar-refractivity contribution is -0.281. The second kappa shape index (κ2) is 8.45. The van der Waals surface area contributed by atoms with Gasteiger partial charge < -0.3 is 0 Å². The number of carbonyl (C=O) groups is 1. The van der Waals surface area contributed by atoms with Gasteiger partial charge in [-0.3, -0.25) is 9.63 Å². The number of aryl methyl sites for hydroxylation is 1. The molecule has 0 aromatic heterocycles. The summed E-state index contributed by atoms with van der Waals surface area (Å²) in [6.45, 7) is 9.77. The molecule has 1 heterocycles. The van der Waals surface area contributed by atoms with Crippen molar-refractivity contribution in [3.05, 3.63) is 65.5 Å². The Balaban J connectivity index is 2.08. The van der Waals surface area contributed by atoms with Gasteiger partial charge in [-0.2, -0.15) is 5.06 Å². The molecule has 3 rings (SSSR count). The minimum absolute atomic E-state index is 0.00573. The highest BCUT2D eigenvalue weighted by atomic mass is 32.2. The molecule has 7 heteroatoms. The molecule has 2 aromatic carbocycles. The number of Topliss-reactive ketones (excluding diaryl/α,β-unsaturated/α-hetero) is 1. The highest BCUT2D eigenvalue weighted by Crippen LogP contribution is 2.40. The Labute approximate surface area is 184 Å². The van der Waals surface area contributed by atoms with Crippen LogP contribution in [0.5, 0.6) is 0 Å². The van der Waals surface area contributed by atoms with Gasteiger partial charge in [0.2, 0.25) is 21.1 Å². The van der Waals surface area contributed by atoms with Crippen LogP contribution in [-0.4, -0.2) is 35.8 Å². The largest absolute Gasteiger partial charge is 0.290 e. The van der Waals surface area contributed by atoms with E-state index in [-0.39, 0.29) is 10.5 Å². The molecule has 1 fully saturated rings. The van der Waals surface area contributed by atoms with E-state index in [2.05, 4.69) is 0 Å². The number of hydroxylamine groups is 2. The second-order valence-corrected chi connectivity index (χ2v) is 11.4. The Hall–Kier alpha value is -2.09. The number of carbonyl (C=O) groups excluding carboxylic acids is 1. The molecular weight excluding hydrogens is 417 g/mol. The topological polar surface area (TPSA) is 63.7 Å². The van der Waals surface area contributed by atoms with Crippen molar-refractivity contribution >= 4 is 15.6 Å². The molecule has 0 N–H and O–H groups in total. The Morgan fingerprint density at radius 1 is 0.968 bits per heavy atom. The third kappa shape index (κ3) is 4.89. The number of sulfone groups is 1. The van der Waals surface area contributed by atoms with E-state index in [0.717, 1.165) is 37.0 Å². The first-order valence-electron chi connectivity index (χ1n) is 10.4. The minimum atomic E-state index is -4.18. The molecule has 0 aliphatic carbocycles. The lowest BCUT2D eigenvalue weighted by atomic mass is 9.82. The van der Waals surface area contributed by atoms with Crippen LogP contribution in [0.1, 0.15) is 62.9 Å². The molecule has 0 bridgehead atoms. The first kappa shape index (κ1) is 23.6. The van der Waals surface area contributed by atoms with Gasteiger partial charge in [-0.05, 0) is 90.3 Å². The molecule has 1 aliphatic heterocycles. The van der Waals surface area contributed by atoms with Gasteiger partial charge in [0, 0.05) is 16.6 Å². The van der Waals surface area contributed by atoms with Crippen LogP contribution < -0.4 is 0 Å². The van der Waals surface area contributed by atoms with Crippen molar-refractivity contribution in [1.82, 2.24) is 5.06 Å². The summed E-state index contributed by atoms with van der Waals surface area (Å²) in [5.41, 5.74) is -1.73. The number of halogens is 1. The molecule has 0 spiro atoms. The molecule has 1 saturated heterocycles. The van der Waals surface area contributed by atoms with Crippen molar-refractivity contribution in [3.8, 4) is 0 Å². The summed E-state index contributed by atoms with van der Waals surface area (Å²) >= 11 is 0. The number of ketones is 1. The molecule has 168 valence electrons. The average Bonchev–Trinajstić information content (AvgIpc) is 2.67. The van der Waals surface area contributed by atoms with Gasteiger partial charge in [0.25, 0.3) is 0 Å². The first-order valence-corrected chi connectivity index (χ1v) is 12.0. The van der Waals surface area contributed by atoms with Crippen molar-refractivity contribution in [1.29, 1.82) is 0 Å². The summed E-state index contributed by atoms with van der Waals surface area (Å²) in [5, 5.41) is 1.67. The van der Waals surface area contributed by atoms with Crippen LogP contribution in [0.2, 0.25) is 0 Å². The zero-order valence-electron chi connectivity index (χ0n) is 18.7. The number of benzene rings is 2. The summed E-state index contributed by atoms with van der Waals surface area (Å²) < 4.78 is 40.5. The standard InChI is InChI=1S/C24H30FNO4S/c1-17-7-13-20(14-8-17)31(28,29)22(21(27)18-9-11-19(25)12-10-18)30-26-23(2,3)15-6-16-24(26,4)5/h7-14,22H,6,15-16H2,1-5H3. The maximum atomic E-state index is 13.6. The van der Waals surface area contributed by atoms with Crippen LogP contribution >= 0.6 is 0 Å². The Bertz CT molecular complexity index is 1030. The molecule has 1 unspecified atom stereocenters. The predicted molar refractivity (Wildman–Crippen MR) is 118 cm³/mol. The van der Waals surface area contributed by atoms with Crippen LogP contribution in [0, 0.1) is 12.7 Å². The minimum Gasteiger partial charge on any atom is -0.290 e. The summed E-state index contributed by atoms with van der Waals surface area (Å²) in [6, 6.07) is 11.2. The molecule has 1 atom stereocenters. The van der Waals surface area contributed by atoms with Crippen LogP contribution in [0.4, 0.5) is 4.39 Å². The van der Waals surface area contributed by atoms with Crippen molar-refractivity contribution in [3.63, 3.8) is 0 Å². The van der Waals surface area contributed by atoms with Gasteiger partial charge in [0.05, 0.1) is 4.90 Å². The lowest BCUT2D eigenvalue weighted by Gasteiger charge is -2.52. The van der Waals surface area contributed by atoms with E-state index in [0.29, 0.717) is 0 Å². The molecule has 1 aliphatic rings. The molecule has 0 radical (unpaired) electrons. The van der Waals surface area contributed by atoms with Gasteiger partial charge in [-0.15, -0.1) is 0 Å². The third-order valence-electron chi connectivity index (χ3n) is 5.85. The third-order valence-corrected chi connectivity index (χ3v) is 7.65. The molecule has 31 heavy (non-hydrogen) atoms. The molecular formula is C24H30FNO4S. The lowest BCUT2D eigenvalue weighted by Crippen LogP contribution is -2.60. The van der Waals surface area contributed by atoms with E-state index in [1.807, 2.05) is 34.6 Å². The van der Waals surface area contributed by atoms with E-state index in [9.17, 15) is 17.6 Å². The van der Waals surface area contributed by atoms with E-state index in [1.165, 1.54) is 24.3 Å². The van der Waals surface area contributed by atoms with Crippen molar-refractivity contribution in [2.24, 2.45) is 0 Å². The van der Waals surface area contributed by atoms with Crippen molar-refractivity contribution in [2.45, 2.75) is 75.3 Å². The van der Waals surface area contributed by atoms with Gasteiger partial charge >= 0.3 is 0 Å². The predicted octanol–water partition coefficient (Wildman–Crippen LogP) is 5.09. The number of rotatable bonds is 6. The van der Waals surface area contributed by atoms with E-state index < -0.39 is 38.0 Å². The maximum Gasteiger partial charge on any atom is 0.246 e. The highest BCUT2D eigenvalue weighted by molar-refractivity contribution is 7.92. The van der Waals surface area contributed by atoms with Crippen LogP contribution in [-0.2, 0) is 14.7 Å². The molecule has 0 saturated carbocycles. The Morgan fingerprint density at radius 3 is 2.00 bits per heavy atom. The molecule has 2 aromatic rings. The van der Waals surface area contributed by atoms with Gasteiger partial charge in [0.1, 0.15) is 5.82 Å². The van der Waals surface area contributed by atoms with E-state index in [4.69, 9.17) is 4.84 Å². The second-order valence-electron chi connectivity index (χ2n) is 9.44. The Kier molecular flexibility index (Phi) is 6.42. The van der Waals surface area contributed by atoms with Crippen LogP contribution in [0.15, 0.2) is 53.4 Å². The zero-order chi connectivity index (χ0) is 23.0. The monoisotopic (exact) mass is 447 g/mol. The fourth-order valence-electron chi connectivity index (χ4n) is 4.20. The molecule has 5 nitrogen and oxygen atoms in total. The number of piperidine rings is 1. The number of nitrogens with zero attached hydrogens (tertiary/aromatic N) is 1. The zero-order valence-corrected chi connectivity index (χ0v) is 19.5. The van der Waals surface area contributed by atoms with E-state index >= 15 is 0 Å². The van der Waals surface area contributed by atoms with Gasteiger partial charge in [0.15, 0.2) is 0 Å². The van der Waals surface area contributed by atoms with E-state index in [1.54, 1.807) is 17.2 Å². The number of hydrogen-bond acceptors (Lipinski definition) is 5. The fraction of sp³-hybridized carbons (Fsp3) is 0.458.